The van der Waals surface area contributed by atoms with Crippen LogP contribution in [-0.4, -0.2) is 31.0 Å². The number of aromatic amines is 1. The van der Waals surface area contributed by atoms with Crippen molar-refractivity contribution in [2.75, 3.05) is 17.1 Å². The van der Waals surface area contributed by atoms with Gasteiger partial charge in [0, 0.05) is 15.0 Å². The number of nitrogens with one attached hydrogen (secondary N) is 3. The molecule has 10 heteroatoms. The molecular formula is C17H16FIN4O3S. The molecule has 0 saturated heterocycles. The molecule has 1 saturated carbocycles. The van der Waals surface area contributed by atoms with Crippen molar-refractivity contribution in [2.45, 2.75) is 18.1 Å². The van der Waals surface area contributed by atoms with Crippen LogP contribution >= 0.6 is 22.6 Å². The molecule has 7 nitrogen and oxygen atoms in total. The predicted molar refractivity (Wildman–Crippen MR) is 111 cm³/mol. The Bertz CT molecular complexity index is 1130. The van der Waals surface area contributed by atoms with Crippen molar-refractivity contribution in [1.82, 2.24) is 10.2 Å². The van der Waals surface area contributed by atoms with Crippen molar-refractivity contribution in [3.8, 4) is 5.75 Å². The molecule has 0 aliphatic heterocycles. The van der Waals surface area contributed by atoms with Crippen LogP contribution in [0.3, 0.4) is 0 Å². The standard InChI is InChI=1S/C17H16FIN4O3S/c1-26-15-7-14-11(8-20-22-14)16(17(15)23-27(24,25)10-3-4-10)21-13-5-2-9(19)6-12(13)18/h2,5-8,10,21,23H,3-4H2,1H3,(H,20,22). The molecule has 4 rings (SSSR count). The van der Waals surface area contributed by atoms with E-state index in [1.165, 1.54) is 13.2 Å². The summed E-state index contributed by atoms with van der Waals surface area (Å²) in [6, 6.07) is 6.40. The van der Waals surface area contributed by atoms with E-state index in [0.717, 1.165) is 3.57 Å². The molecule has 0 radical (unpaired) electrons. The van der Waals surface area contributed by atoms with Gasteiger partial charge in [-0.3, -0.25) is 9.82 Å². The first-order valence-electron chi connectivity index (χ1n) is 8.17. The lowest BCUT2D eigenvalue weighted by Gasteiger charge is -2.18. The summed E-state index contributed by atoms with van der Waals surface area (Å²) >= 11 is 2.02. The molecule has 0 atom stereocenters. The number of halogens is 2. The lowest BCUT2D eigenvalue weighted by molar-refractivity contribution is 0.417. The third-order valence-electron chi connectivity index (χ3n) is 4.33. The number of rotatable bonds is 6. The SMILES string of the molecule is COc1cc2[nH]ncc2c(Nc2ccc(I)cc2F)c1NS(=O)(=O)C1CC1. The monoisotopic (exact) mass is 502 g/mol. The number of fused-ring (bicyclic) bond motifs is 1. The Hall–Kier alpha value is -2.08. The number of methoxy groups -OCH3 is 1. The number of aromatic nitrogens is 2. The Morgan fingerprint density at radius 1 is 1.30 bits per heavy atom. The van der Waals surface area contributed by atoms with E-state index >= 15 is 0 Å². The van der Waals surface area contributed by atoms with Crippen LogP contribution < -0.4 is 14.8 Å². The second-order valence-electron chi connectivity index (χ2n) is 6.26. The molecule has 0 bridgehead atoms. The average Bonchev–Trinajstić information content (AvgIpc) is 3.38. The zero-order chi connectivity index (χ0) is 19.2. The summed E-state index contributed by atoms with van der Waals surface area (Å²) in [7, 11) is -2.11. The zero-order valence-electron chi connectivity index (χ0n) is 14.2. The van der Waals surface area contributed by atoms with E-state index in [9.17, 15) is 12.8 Å². The minimum absolute atomic E-state index is 0.220. The molecule has 3 N–H and O–H groups in total. The third kappa shape index (κ3) is 3.55. The fraction of sp³-hybridized carbons (Fsp3) is 0.235. The first kappa shape index (κ1) is 18.3. The maximum Gasteiger partial charge on any atom is 0.235 e. The van der Waals surface area contributed by atoms with Crippen LogP contribution in [-0.2, 0) is 10.0 Å². The second-order valence-corrected chi connectivity index (χ2v) is 9.46. The summed E-state index contributed by atoms with van der Waals surface area (Å²) in [6.07, 6.45) is 2.80. The minimum atomic E-state index is -3.55. The molecule has 0 amide bonds. The molecule has 1 aliphatic rings. The highest BCUT2D eigenvalue weighted by atomic mass is 127. The van der Waals surface area contributed by atoms with Crippen molar-refractivity contribution in [2.24, 2.45) is 0 Å². The van der Waals surface area contributed by atoms with Gasteiger partial charge in [0.2, 0.25) is 10.0 Å². The van der Waals surface area contributed by atoms with Gasteiger partial charge in [0.15, 0.2) is 0 Å². The first-order chi connectivity index (χ1) is 12.9. The summed E-state index contributed by atoms with van der Waals surface area (Å²) < 4.78 is 48.2. The van der Waals surface area contributed by atoms with Crippen molar-refractivity contribution < 1.29 is 17.5 Å². The molecule has 0 spiro atoms. The molecule has 142 valence electrons. The predicted octanol–water partition coefficient (Wildman–Crippen LogP) is 3.96. The van der Waals surface area contributed by atoms with Gasteiger partial charge in [0.05, 0.1) is 35.4 Å². The molecule has 1 heterocycles. The summed E-state index contributed by atoms with van der Waals surface area (Å²) in [4.78, 5) is 0. The molecule has 27 heavy (non-hydrogen) atoms. The van der Waals surface area contributed by atoms with E-state index in [1.54, 1.807) is 24.4 Å². The molecule has 2 aromatic carbocycles. The van der Waals surface area contributed by atoms with Gasteiger partial charge >= 0.3 is 0 Å². The fourth-order valence-corrected chi connectivity index (χ4v) is 4.65. The molecule has 3 aromatic rings. The van der Waals surface area contributed by atoms with Gasteiger partial charge in [-0.25, -0.2) is 12.8 Å². The number of hydrogen-bond donors (Lipinski definition) is 3. The van der Waals surface area contributed by atoms with E-state index in [-0.39, 0.29) is 11.4 Å². The van der Waals surface area contributed by atoms with E-state index in [4.69, 9.17) is 4.74 Å². The molecule has 1 aromatic heterocycles. The second kappa shape index (κ2) is 6.82. The number of anilines is 3. The van der Waals surface area contributed by atoms with Gasteiger partial charge in [-0.05, 0) is 53.6 Å². The largest absolute Gasteiger partial charge is 0.494 e. The Morgan fingerprint density at radius 3 is 2.74 bits per heavy atom. The number of hydrogen-bond acceptors (Lipinski definition) is 5. The van der Waals surface area contributed by atoms with E-state index in [2.05, 4.69) is 20.2 Å². The quantitative estimate of drug-likeness (QED) is 0.444. The van der Waals surface area contributed by atoms with Gasteiger partial charge < -0.3 is 10.1 Å². The van der Waals surface area contributed by atoms with Crippen LogP contribution in [0, 0.1) is 9.39 Å². The zero-order valence-corrected chi connectivity index (χ0v) is 17.2. The number of sulfonamides is 1. The maximum absolute atomic E-state index is 14.4. The van der Waals surface area contributed by atoms with E-state index in [1.807, 2.05) is 22.6 Å². The van der Waals surface area contributed by atoms with Gasteiger partial charge in [-0.15, -0.1) is 0 Å². The lowest BCUT2D eigenvalue weighted by atomic mass is 10.1. The van der Waals surface area contributed by atoms with Crippen LogP contribution in [0.5, 0.6) is 5.75 Å². The number of ether oxygens (including phenoxy) is 1. The van der Waals surface area contributed by atoms with Gasteiger partial charge in [0.1, 0.15) is 17.3 Å². The average molecular weight is 502 g/mol. The first-order valence-corrected chi connectivity index (χ1v) is 10.8. The summed E-state index contributed by atoms with van der Waals surface area (Å²) in [6.45, 7) is 0. The van der Waals surface area contributed by atoms with Crippen molar-refractivity contribution in [3.05, 3.63) is 39.8 Å². The Kier molecular flexibility index (Phi) is 4.62. The van der Waals surface area contributed by atoms with E-state index < -0.39 is 21.1 Å². The number of H-pyrrole nitrogens is 1. The highest BCUT2D eigenvalue weighted by molar-refractivity contribution is 14.1. The topological polar surface area (TPSA) is 96.1 Å². The normalized spacial score (nSPS) is 14.3. The summed E-state index contributed by atoms with van der Waals surface area (Å²) in [5, 5.41) is 10.0. The Labute approximate surface area is 168 Å². The van der Waals surface area contributed by atoms with Gasteiger partial charge in [-0.1, -0.05) is 0 Å². The molecule has 0 unspecified atom stereocenters. The molecule has 1 aliphatic carbocycles. The smallest absolute Gasteiger partial charge is 0.235 e. The van der Waals surface area contributed by atoms with Crippen molar-refractivity contribution in [1.29, 1.82) is 0 Å². The van der Waals surface area contributed by atoms with Crippen LogP contribution in [0.2, 0.25) is 0 Å². The molecule has 1 fully saturated rings. The Balaban J connectivity index is 1.87. The van der Waals surface area contributed by atoms with Crippen LogP contribution in [0.15, 0.2) is 30.5 Å². The molecular weight excluding hydrogens is 486 g/mol. The van der Waals surface area contributed by atoms with Crippen molar-refractivity contribution in [3.63, 3.8) is 0 Å². The fourth-order valence-electron chi connectivity index (χ4n) is 2.79. The van der Waals surface area contributed by atoms with Crippen LogP contribution in [0.25, 0.3) is 10.9 Å². The maximum atomic E-state index is 14.4. The minimum Gasteiger partial charge on any atom is -0.494 e. The summed E-state index contributed by atoms with van der Waals surface area (Å²) in [5.41, 5.74) is 1.46. The van der Waals surface area contributed by atoms with Crippen LogP contribution in [0.1, 0.15) is 12.8 Å². The Morgan fingerprint density at radius 2 is 2.07 bits per heavy atom. The van der Waals surface area contributed by atoms with Gasteiger partial charge in [0.25, 0.3) is 0 Å². The van der Waals surface area contributed by atoms with Gasteiger partial charge in [-0.2, -0.15) is 5.10 Å². The number of nitrogens with zero attached hydrogens (tertiary/aromatic N) is 1. The van der Waals surface area contributed by atoms with Crippen molar-refractivity contribution >= 4 is 60.6 Å². The van der Waals surface area contributed by atoms with E-state index in [0.29, 0.717) is 35.2 Å². The highest BCUT2D eigenvalue weighted by Gasteiger charge is 2.37. The number of benzene rings is 2. The van der Waals surface area contributed by atoms with Crippen LogP contribution in [0.4, 0.5) is 21.5 Å². The lowest BCUT2D eigenvalue weighted by Crippen LogP contribution is -2.19. The third-order valence-corrected chi connectivity index (χ3v) is 6.84. The summed E-state index contributed by atoms with van der Waals surface area (Å²) in [5.74, 6) is -0.137. The highest BCUT2D eigenvalue weighted by Crippen LogP contribution is 2.43.